The molecule has 6 nitrogen and oxygen atoms in total. The van der Waals surface area contributed by atoms with Crippen molar-refractivity contribution in [2.75, 3.05) is 0 Å². The van der Waals surface area contributed by atoms with Crippen molar-refractivity contribution in [2.45, 2.75) is 26.2 Å². The van der Waals surface area contributed by atoms with Crippen LogP contribution in [0.15, 0.2) is 12.1 Å². The van der Waals surface area contributed by atoms with Gasteiger partial charge in [0.25, 0.3) is 5.69 Å². The van der Waals surface area contributed by atoms with E-state index in [4.69, 9.17) is 5.11 Å². The molecule has 1 aromatic heterocycles. The van der Waals surface area contributed by atoms with Gasteiger partial charge in [-0.15, -0.1) is 0 Å². The molecule has 16 heavy (non-hydrogen) atoms. The fourth-order valence-electron chi connectivity index (χ4n) is 1.47. The van der Waals surface area contributed by atoms with Crippen LogP contribution in [0.25, 0.3) is 0 Å². The van der Waals surface area contributed by atoms with Crippen LogP contribution in [0.1, 0.15) is 30.7 Å². The molecule has 1 aromatic rings. The molecule has 0 fully saturated rings. The van der Waals surface area contributed by atoms with Gasteiger partial charge in [-0.25, -0.2) is 0 Å². The average Bonchev–Trinajstić information content (AvgIpc) is 2.17. The van der Waals surface area contributed by atoms with E-state index in [-0.39, 0.29) is 17.8 Å². The van der Waals surface area contributed by atoms with Gasteiger partial charge in [0, 0.05) is 11.8 Å². The molecule has 0 saturated heterocycles. The summed E-state index contributed by atoms with van der Waals surface area (Å²) in [6.07, 6.45) is 0.270. The Kier molecular flexibility index (Phi) is 3.55. The number of pyridine rings is 1. The molecule has 1 unspecified atom stereocenters. The van der Waals surface area contributed by atoms with Crippen LogP contribution >= 0.6 is 0 Å². The molecule has 1 atom stereocenters. The number of aryl methyl sites for hydroxylation is 1. The molecule has 0 radical (unpaired) electrons. The minimum absolute atomic E-state index is 0.0278. The summed E-state index contributed by atoms with van der Waals surface area (Å²) in [6.45, 7) is 3.33. The Hall–Kier alpha value is -1.98. The predicted molar refractivity (Wildman–Crippen MR) is 56.3 cm³/mol. The predicted octanol–water partition coefficient (Wildman–Crippen LogP) is 1.88. The van der Waals surface area contributed by atoms with E-state index in [2.05, 4.69) is 4.98 Å². The SMILES string of the molecule is CCC(C(=O)O)c1nc(C)ccc1[N+](=O)[O-]. The van der Waals surface area contributed by atoms with Crippen molar-refractivity contribution >= 4 is 11.7 Å². The third kappa shape index (κ3) is 2.33. The van der Waals surface area contributed by atoms with Crippen LogP contribution in [0.3, 0.4) is 0 Å². The first-order valence-corrected chi connectivity index (χ1v) is 4.82. The summed E-state index contributed by atoms with van der Waals surface area (Å²) < 4.78 is 0. The standard InChI is InChI=1S/C10H12N2O4/c1-3-7(10(13)14)9-8(12(15)16)5-4-6(2)11-9/h4-5,7H,3H2,1-2H3,(H,13,14). The van der Waals surface area contributed by atoms with Gasteiger partial charge in [0.05, 0.1) is 4.92 Å². The molecule has 1 N–H and O–H groups in total. The van der Waals surface area contributed by atoms with Gasteiger partial charge in [-0.1, -0.05) is 6.92 Å². The zero-order valence-corrected chi connectivity index (χ0v) is 9.01. The smallest absolute Gasteiger partial charge is 0.312 e. The number of aliphatic carboxylic acids is 1. The second-order valence-electron chi connectivity index (χ2n) is 3.41. The molecule has 1 rings (SSSR count). The van der Waals surface area contributed by atoms with E-state index in [9.17, 15) is 14.9 Å². The highest BCUT2D eigenvalue weighted by Gasteiger charge is 2.27. The number of rotatable bonds is 4. The van der Waals surface area contributed by atoms with E-state index >= 15 is 0 Å². The van der Waals surface area contributed by atoms with E-state index in [1.807, 2.05) is 0 Å². The molecule has 6 heteroatoms. The van der Waals surface area contributed by atoms with Crippen LogP contribution in [-0.2, 0) is 4.79 Å². The van der Waals surface area contributed by atoms with Gasteiger partial charge in [0.15, 0.2) is 0 Å². The monoisotopic (exact) mass is 224 g/mol. The zero-order chi connectivity index (χ0) is 12.3. The van der Waals surface area contributed by atoms with Crippen LogP contribution in [0, 0.1) is 17.0 Å². The maximum Gasteiger partial charge on any atom is 0.312 e. The maximum atomic E-state index is 11.0. The molecule has 0 aliphatic heterocycles. The lowest BCUT2D eigenvalue weighted by Gasteiger charge is -2.09. The molecular weight excluding hydrogens is 212 g/mol. The van der Waals surface area contributed by atoms with Gasteiger partial charge in [0.1, 0.15) is 11.6 Å². The second kappa shape index (κ2) is 4.69. The summed E-state index contributed by atoms with van der Waals surface area (Å²) in [4.78, 5) is 25.1. The summed E-state index contributed by atoms with van der Waals surface area (Å²) in [5, 5.41) is 19.7. The normalized spacial score (nSPS) is 12.1. The van der Waals surface area contributed by atoms with Crippen molar-refractivity contribution in [3.05, 3.63) is 33.6 Å². The highest BCUT2D eigenvalue weighted by Crippen LogP contribution is 2.27. The lowest BCUT2D eigenvalue weighted by molar-refractivity contribution is -0.386. The van der Waals surface area contributed by atoms with Crippen molar-refractivity contribution in [2.24, 2.45) is 0 Å². The molecule has 0 aliphatic rings. The fraction of sp³-hybridized carbons (Fsp3) is 0.400. The Morgan fingerprint density at radius 1 is 1.62 bits per heavy atom. The number of aromatic nitrogens is 1. The molecule has 0 spiro atoms. The summed E-state index contributed by atoms with van der Waals surface area (Å²) >= 11 is 0. The van der Waals surface area contributed by atoms with Gasteiger partial charge in [-0.3, -0.25) is 19.9 Å². The van der Waals surface area contributed by atoms with Crippen LogP contribution in [-0.4, -0.2) is 21.0 Å². The van der Waals surface area contributed by atoms with Crippen molar-refractivity contribution in [3.63, 3.8) is 0 Å². The molecule has 0 aliphatic carbocycles. The van der Waals surface area contributed by atoms with E-state index in [1.165, 1.54) is 12.1 Å². The van der Waals surface area contributed by atoms with Crippen molar-refractivity contribution in [1.82, 2.24) is 4.98 Å². The maximum absolute atomic E-state index is 11.0. The largest absolute Gasteiger partial charge is 0.481 e. The number of carbonyl (C=O) groups is 1. The van der Waals surface area contributed by atoms with E-state index in [1.54, 1.807) is 13.8 Å². The Morgan fingerprint density at radius 3 is 2.69 bits per heavy atom. The van der Waals surface area contributed by atoms with Crippen molar-refractivity contribution in [1.29, 1.82) is 0 Å². The molecule has 1 heterocycles. The Balaban J connectivity index is 3.33. The molecule has 0 saturated carbocycles. The molecular formula is C10H12N2O4. The van der Waals surface area contributed by atoms with Crippen LogP contribution in [0.2, 0.25) is 0 Å². The second-order valence-corrected chi connectivity index (χ2v) is 3.41. The Bertz CT molecular complexity index is 431. The molecule has 0 bridgehead atoms. The van der Waals surface area contributed by atoms with Crippen molar-refractivity contribution < 1.29 is 14.8 Å². The summed E-state index contributed by atoms with van der Waals surface area (Å²) in [7, 11) is 0. The van der Waals surface area contributed by atoms with Gasteiger partial charge in [-0.05, 0) is 19.4 Å². The highest BCUT2D eigenvalue weighted by atomic mass is 16.6. The van der Waals surface area contributed by atoms with E-state index in [0.717, 1.165) is 0 Å². The van der Waals surface area contributed by atoms with Gasteiger partial charge in [0.2, 0.25) is 0 Å². The number of hydrogen-bond donors (Lipinski definition) is 1. The van der Waals surface area contributed by atoms with E-state index in [0.29, 0.717) is 5.69 Å². The lowest BCUT2D eigenvalue weighted by atomic mass is 10.0. The van der Waals surface area contributed by atoms with Crippen molar-refractivity contribution in [3.8, 4) is 0 Å². The first kappa shape index (κ1) is 12.1. The topological polar surface area (TPSA) is 93.3 Å². The van der Waals surface area contributed by atoms with Crippen LogP contribution < -0.4 is 0 Å². The van der Waals surface area contributed by atoms with Gasteiger partial charge < -0.3 is 5.11 Å². The third-order valence-electron chi connectivity index (χ3n) is 2.27. The fourth-order valence-corrected chi connectivity index (χ4v) is 1.47. The Morgan fingerprint density at radius 2 is 2.25 bits per heavy atom. The van der Waals surface area contributed by atoms with Crippen LogP contribution in [0.5, 0.6) is 0 Å². The van der Waals surface area contributed by atoms with Gasteiger partial charge >= 0.3 is 5.97 Å². The van der Waals surface area contributed by atoms with E-state index < -0.39 is 16.8 Å². The lowest BCUT2D eigenvalue weighted by Crippen LogP contribution is -2.14. The molecule has 0 aromatic carbocycles. The average molecular weight is 224 g/mol. The first-order valence-electron chi connectivity index (χ1n) is 4.82. The minimum Gasteiger partial charge on any atom is -0.481 e. The minimum atomic E-state index is -1.09. The van der Waals surface area contributed by atoms with Gasteiger partial charge in [-0.2, -0.15) is 0 Å². The number of nitrogens with zero attached hydrogens (tertiary/aromatic N) is 2. The van der Waals surface area contributed by atoms with Crippen LogP contribution in [0.4, 0.5) is 5.69 Å². The molecule has 0 amide bonds. The number of hydrogen-bond acceptors (Lipinski definition) is 4. The third-order valence-corrected chi connectivity index (χ3v) is 2.27. The quantitative estimate of drug-likeness (QED) is 0.622. The number of nitro groups is 1. The molecule has 86 valence electrons. The highest BCUT2D eigenvalue weighted by molar-refractivity contribution is 5.76. The zero-order valence-electron chi connectivity index (χ0n) is 9.01. The number of carboxylic acid groups (broad SMARTS) is 1. The summed E-state index contributed by atoms with van der Waals surface area (Å²) in [5.74, 6) is -2.02. The summed E-state index contributed by atoms with van der Waals surface area (Å²) in [6, 6.07) is 2.79. The summed E-state index contributed by atoms with van der Waals surface area (Å²) in [5.41, 5.74) is 0.361. The number of carboxylic acids is 1. The Labute approximate surface area is 92.1 Å². The first-order chi connectivity index (χ1) is 7.47.